The fourth-order valence-electron chi connectivity index (χ4n) is 1.77. The van der Waals surface area contributed by atoms with Gasteiger partial charge in [-0.1, -0.05) is 0 Å². The molecule has 0 aliphatic carbocycles. The number of hydrogen-bond donors (Lipinski definition) is 2. The molecule has 2 heterocycles. The zero-order valence-corrected chi connectivity index (χ0v) is 12.3. The lowest BCUT2D eigenvalue weighted by molar-refractivity contribution is 0.282. The zero-order valence-electron chi connectivity index (χ0n) is 10.6. The van der Waals surface area contributed by atoms with Crippen LogP contribution in [0.1, 0.15) is 16.0 Å². The van der Waals surface area contributed by atoms with Crippen LogP contribution in [0, 0.1) is 6.92 Å². The van der Waals surface area contributed by atoms with Gasteiger partial charge in [0.2, 0.25) is 10.0 Å². The average molecular weight is 301 g/mol. The number of thiophene rings is 1. The van der Waals surface area contributed by atoms with Crippen molar-refractivity contribution in [2.45, 2.75) is 25.0 Å². The van der Waals surface area contributed by atoms with Crippen molar-refractivity contribution in [3.8, 4) is 0 Å². The maximum absolute atomic E-state index is 12.2. The van der Waals surface area contributed by atoms with Gasteiger partial charge in [-0.25, -0.2) is 13.1 Å². The summed E-state index contributed by atoms with van der Waals surface area (Å²) in [6, 6.07) is 0. The van der Waals surface area contributed by atoms with E-state index in [4.69, 9.17) is 0 Å². The minimum Gasteiger partial charge on any atom is -0.391 e. The molecular weight excluding hydrogens is 286 g/mol. The lowest BCUT2D eigenvalue weighted by atomic mass is 10.3. The second-order valence-corrected chi connectivity index (χ2v) is 6.84. The molecule has 0 atom stereocenters. The standard InChI is InChI=1S/C11H15N3O3S2/c1-8-7-18-10(6-15)11(8)19(16,17)13-4-9-3-12-14(2)5-9/h3,5,7,13,15H,4,6H2,1-2H3. The molecule has 0 saturated carbocycles. The highest BCUT2D eigenvalue weighted by Gasteiger charge is 2.22. The van der Waals surface area contributed by atoms with E-state index < -0.39 is 10.0 Å². The number of nitrogens with one attached hydrogen (secondary N) is 1. The maximum atomic E-state index is 12.2. The molecule has 2 N–H and O–H groups in total. The molecule has 0 saturated heterocycles. The summed E-state index contributed by atoms with van der Waals surface area (Å²) in [4.78, 5) is 0.639. The van der Waals surface area contributed by atoms with Crippen molar-refractivity contribution in [2.75, 3.05) is 0 Å². The number of hydrogen-bond acceptors (Lipinski definition) is 5. The molecular formula is C11H15N3O3S2. The summed E-state index contributed by atoms with van der Waals surface area (Å²) in [7, 11) is -1.85. The van der Waals surface area contributed by atoms with Crippen LogP contribution in [0.25, 0.3) is 0 Å². The second kappa shape index (κ2) is 5.41. The molecule has 0 unspecified atom stereocenters. The van der Waals surface area contributed by atoms with Crippen molar-refractivity contribution >= 4 is 21.4 Å². The van der Waals surface area contributed by atoms with Gasteiger partial charge in [0.25, 0.3) is 0 Å². The highest BCUT2D eigenvalue weighted by Crippen LogP contribution is 2.26. The van der Waals surface area contributed by atoms with E-state index in [0.29, 0.717) is 10.4 Å². The Bertz CT molecular complexity index is 673. The fraction of sp³-hybridized carbons (Fsp3) is 0.364. The lowest BCUT2D eigenvalue weighted by Crippen LogP contribution is -2.24. The highest BCUT2D eigenvalue weighted by molar-refractivity contribution is 7.89. The first-order chi connectivity index (χ1) is 8.94. The molecule has 0 spiro atoms. The molecule has 0 amide bonds. The van der Waals surface area contributed by atoms with Gasteiger partial charge in [-0.15, -0.1) is 11.3 Å². The topological polar surface area (TPSA) is 84.2 Å². The zero-order chi connectivity index (χ0) is 14.0. The molecule has 0 radical (unpaired) electrons. The number of aryl methyl sites for hydroxylation is 2. The van der Waals surface area contributed by atoms with Crippen molar-refractivity contribution in [2.24, 2.45) is 7.05 Å². The van der Waals surface area contributed by atoms with Crippen LogP contribution in [0.15, 0.2) is 22.7 Å². The Morgan fingerprint density at radius 1 is 1.53 bits per heavy atom. The van der Waals surface area contributed by atoms with Crippen molar-refractivity contribution in [1.82, 2.24) is 14.5 Å². The largest absolute Gasteiger partial charge is 0.391 e. The van der Waals surface area contributed by atoms with Gasteiger partial charge in [-0.05, 0) is 17.9 Å². The molecule has 2 aromatic heterocycles. The number of sulfonamides is 1. The first kappa shape index (κ1) is 14.2. The Morgan fingerprint density at radius 3 is 2.84 bits per heavy atom. The number of aliphatic hydroxyl groups is 1. The highest BCUT2D eigenvalue weighted by atomic mass is 32.2. The monoisotopic (exact) mass is 301 g/mol. The smallest absolute Gasteiger partial charge is 0.242 e. The van der Waals surface area contributed by atoms with Crippen LogP contribution in [-0.4, -0.2) is 23.3 Å². The minimum atomic E-state index is -3.62. The quantitative estimate of drug-likeness (QED) is 0.854. The third kappa shape index (κ3) is 3.03. The van der Waals surface area contributed by atoms with E-state index in [-0.39, 0.29) is 18.0 Å². The summed E-state index contributed by atoms with van der Waals surface area (Å²) in [5.41, 5.74) is 1.43. The summed E-state index contributed by atoms with van der Waals surface area (Å²) < 4.78 is 28.6. The Morgan fingerprint density at radius 2 is 2.26 bits per heavy atom. The first-order valence-electron chi connectivity index (χ1n) is 5.59. The summed E-state index contributed by atoms with van der Waals surface area (Å²) in [6.07, 6.45) is 3.35. The van der Waals surface area contributed by atoms with E-state index in [1.165, 1.54) is 11.3 Å². The molecule has 6 nitrogen and oxygen atoms in total. The van der Waals surface area contributed by atoms with Crippen molar-refractivity contribution in [1.29, 1.82) is 0 Å². The summed E-state index contributed by atoms with van der Waals surface area (Å²) in [6.45, 7) is 1.62. The van der Waals surface area contributed by atoms with Crippen LogP contribution < -0.4 is 4.72 Å². The van der Waals surface area contributed by atoms with Crippen LogP contribution in [0.3, 0.4) is 0 Å². The third-order valence-electron chi connectivity index (χ3n) is 2.63. The predicted molar refractivity (Wildman–Crippen MR) is 72.2 cm³/mol. The molecule has 2 rings (SSSR count). The molecule has 0 fully saturated rings. The fourth-order valence-corrected chi connectivity index (χ4v) is 4.45. The number of rotatable bonds is 5. The molecule has 104 valence electrons. The minimum absolute atomic E-state index is 0.177. The van der Waals surface area contributed by atoms with Gasteiger partial charge >= 0.3 is 0 Å². The van der Waals surface area contributed by atoms with Gasteiger partial charge in [-0.3, -0.25) is 4.68 Å². The Balaban J connectivity index is 2.20. The van der Waals surface area contributed by atoms with Crippen molar-refractivity contribution < 1.29 is 13.5 Å². The molecule has 0 bridgehead atoms. The van der Waals surface area contributed by atoms with Crippen LogP contribution in [0.4, 0.5) is 0 Å². The Labute approximate surface area is 115 Å². The van der Waals surface area contributed by atoms with E-state index in [1.807, 2.05) is 0 Å². The van der Waals surface area contributed by atoms with E-state index in [9.17, 15) is 13.5 Å². The summed E-state index contributed by atoms with van der Waals surface area (Å²) in [5.74, 6) is 0. The molecule has 0 aromatic carbocycles. The van der Waals surface area contributed by atoms with E-state index in [1.54, 1.807) is 36.4 Å². The maximum Gasteiger partial charge on any atom is 0.242 e. The lowest BCUT2D eigenvalue weighted by Gasteiger charge is -2.07. The van der Waals surface area contributed by atoms with Gasteiger partial charge in [0.05, 0.1) is 17.7 Å². The molecule has 2 aromatic rings. The third-order valence-corrected chi connectivity index (χ3v) is 5.47. The summed E-state index contributed by atoms with van der Waals surface area (Å²) in [5, 5.41) is 14.9. The van der Waals surface area contributed by atoms with Crippen LogP contribution >= 0.6 is 11.3 Å². The number of aromatic nitrogens is 2. The molecule has 0 aliphatic rings. The predicted octanol–water partition coefficient (Wildman–Crippen LogP) is 0.761. The van der Waals surface area contributed by atoms with Crippen molar-refractivity contribution in [3.63, 3.8) is 0 Å². The van der Waals surface area contributed by atoms with Crippen LogP contribution in [-0.2, 0) is 30.2 Å². The average Bonchev–Trinajstić information content (AvgIpc) is 2.93. The summed E-state index contributed by atoms with van der Waals surface area (Å²) >= 11 is 1.24. The molecule has 19 heavy (non-hydrogen) atoms. The van der Waals surface area contributed by atoms with Gasteiger partial charge in [-0.2, -0.15) is 5.10 Å². The van der Waals surface area contributed by atoms with Gasteiger partial charge in [0, 0.05) is 25.4 Å². The van der Waals surface area contributed by atoms with Crippen molar-refractivity contribution in [3.05, 3.63) is 33.8 Å². The van der Waals surface area contributed by atoms with E-state index in [0.717, 1.165) is 5.56 Å². The Kier molecular flexibility index (Phi) is 4.04. The van der Waals surface area contributed by atoms with E-state index >= 15 is 0 Å². The van der Waals surface area contributed by atoms with Gasteiger partial charge in [0.1, 0.15) is 4.90 Å². The Hall–Kier alpha value is -1.22. The molecule has 0 aliphatic heterocycles. The van der Waals surface area contributed by atoms with Crippen LogP contribution in [0.5, 0.6) is 0 Å². The number of aliphatic hydroxyl groups excluding tert-OH is 1. The van der Waals surface area contributed by atoms with Gasteiger partial charge in [0.15, 0.2) is 0 Å². The first-order valence-corrected chi connectivity index (χ1v) is 7.95. The molecule has 8 heteroatoms. The second-order valence-electron chi connectivity index (χ2n) is 4.18. The van der Waals surface area contributed by atoms with Gasteiger partial charge < -0.3 is 5.11 Å². The van der Waals surface area contributed by atoms with E-state index in [2.05, 4.69) is 9.82 Å². The van der Waals surface area contributed by atoms with Crippen LogP contribution in [0.2, 0.25) is 0 Å². The normalized spacial score (nSPS) is 11.9. The SMILES string of the molecule is Cc1csc(CO)c1S(=O)(=O)NCc1cnn(C)c1. The number of nitrogens with zero attached hydrogens (tertiary/aromatic N) is 2.